The van der Waals surface area contributed by atoms with Crippen molar-refractivity contribution in [3.05, 3.63) is 39.8 Å². The zero-order valence-electron chi connectivity index (χ0n) is 13.2. The molecule has 4 rings (SSSR count). The first-order chi connectivity index (χ1) is 12.1. The van der Waals surface area contributed by atoms with Gasteiger partial charge in [-0.3, -0.25) is 4.79 Å². The summed E-state index contributed by atoms with van der Waals surface area (Å²) in [5, 5.41) is 13.7. The molecule has 2 N–H and O–H groups in total. The first-order valence-electron chi connectivity index (χ1n) is 7.97. The van der Waals surface area contributed by atoms with Crippen LogP contribution in [0.5, 0.6) is 11.5 Å². The van der Waals surface area contributed by atoms with E-state index in [9.17, 15) is 9.59 Å². The van der Waals surface area contributed by atoms with Crippen LogP contribution in [0.2, 0.25) is 0 Å². The van der Waals surface area contributed by atoms with Crippen molar-refractivity contribution in [1.82, 2.24) is 10.3 Å². The van der Waals surface area contributed by atoms with E-state index in [-0.39, 0.29) is 30.0 Å². The Morgan fingerprint density at radius 1 is 1.28 bits per heavy atom. The summed E-state index contributed by atoms with van der Waals surface area (Å²) in [5.74, 6) is 0.498. The standard InChI is InChI=1S/C17H16N2O5S/c20-16(18-7-15-19-12(8-25-15)17(21)22)11-6-10(11)9-1-2-13-14(5-9)24-4-3-23-13/h1-2,5,8,10-11H,3-4,6-7H2,(H,18,20)(H,21,22). The van der Waals surface area contributed by atoms with Gasteiger partial charge in [-0.05, 0) is 30.0 Å². The molecule has 130 valence electrons. The molecular formula is C17H16N2O5S. The summed E-state index contributed by atoms with van der Waals surface area (Å²) in [6.07, 6.45) is 0.795. The quantitative estimate of drug-likeness (QED) is 0.847. The molecule has 1 amide bonds. The van der Waals surface area contributed by atoms with Gasteiger partial charge in [0.2, 0.25) is 5.91 Å². The number of aromatic carboxylic acids is 1. The number of nitrogens with zero attached hydrogens (tertiary/aromatic N) is 1. The molecule has 1 aliphatic carbocycles. The van der Waals surface area contributed by atoms with Gasteiger partial charge < -0.3 is 19.9 Å². The molecule has 2 unspecified atom stereocenters. The van der Waals surface area contributed by atoms with E-state index in [4.69, 9.17) is 14.6 Å². The van der Waals surface area contributed by atoms with Crippen LogP contribution in [0.25, 0.3) is 0 Å². The van der Waals surface area contributed by atoms with Gasteiger partial charge in [0, 0.05) is 11.3 Å². The van der Waals surface area contributed by atoms with E-state index in [2.05, 4.69) is 10.3 Å². The van der Waals surface area contributed by atoms with Crippen molar-refractivity contribution in [1.29, 1.82) is 0 Å². The van der Waals surface area contributed by atoms with E-state index in [0.29, 0.717) is 18.2 Å². The second-order valence-electron chi connectivity index (χ2n) is 6.00. The van der Waals surface area contributed by atoms with Crippen molar-refractivity contribution in [2.75, 3.05) is 13.2 Å². The Kier molecular flexibility index (Phi) is 4.04. The van der Waals surface area contributed by atoms with Crippen molar-refractivity contribution in [3.8, 4) is 11.5 Å². The van der Waals surface area contributed by atoms with E-state index in [1.54, 1.807) is 0 Å². The number of aromatic nitrogens is 1. The Balaban J connectivity index is 1.34. The van der Waals surface area contributed by atoms with E-state index < -0.39 is 5.97 Å². The summed E-state index contributed by atoms with van der Waals surface area (Å²) < 4.78 is 11.1. The monoisotopic (exact) mass is 360 g/mol. The number of fused-ring (bicyclic) bond motifs is 1. The van der Waals surface area contributed by atoms with Crippen LogP contribution in [0.15, 0.2) is 23.6 Å². The summed E-state index contributed by atoms with van der Waals surface area (Å²) in [6, 6.07) is 5.82. The normalized spacial score (nSPS) is 20.8. The molecule has 25 heavy (non-hydrogen) atoms. The smallest absolute Gasteiger partial charge is 0.355 e. The van der Waals surface area contributed by atoms with Gasteiger partial charge in [0.05, 0.1) is 6.54 Å². The zero-order chi connectivity index (χ0) is 17.4. The molecule has 0 spiro atoms. The minimum Gasteiger partial charge on any atom is -0.486 e. The number of hydrogen-bond acceptors (Lipinski definition) is 6. The highest BCUT2D eigenvalue weighted by Crippen LogP contribution is 2.49. The van der Waals surface area contributed by atoms with Crippen LogP contribution in [-0.4, -0.2) is 35.2 Å². The highest BCUT2D eigenvalue weighted by molar-refractivity contribution is 7.09. The number of nitrogens with one attached hydrogen (secondary N) is 1. The minimum atomic E-state index is -1.06. The van der Waals surface area contributed by atoms with Crippen LogP contribution in [0, 0.1) is 5.92 Å². The molecule has 1 saturated carbocycles. The maximum Gasteiger partial charge on any atom is 0.355 e. The van der Waals surface area contributed by atoms with E-state index in [1.807, 2.05) is 18.2 Å². The molecule has 2 heterocycles. The molecule has 0 bridgehead atoms. The minimum absolute atomic E-state index is 0.00910. The number of hydrogen-bond donors (Lipinski definition) is 2. The average Bonchev–Trinajstić information content (AvgIpc) is 3.28. The van der Waals surface area contributed by atoms with Gasteiger partial charge in [-0.25, -0.2) is 9.78 Å². The third-order valence-electron chi connectivity index (χ3n) is 4.31. The number of amides is 1. The summed E-state index contributed by atoms with van der Waals surface area (Å²) in [4.78, 5) is 27.1. The lowest BCUT2D eigenvalue weighted by atomic mass is 10.1. The van der Waals surface area contributed by atoms with E-state index in [1.165, 1.54) is 16.7 Å². The van der Waals surface area contributed by atoms with Crippen molar-refractivity contribution in [2.45, 2.75) is 18.9 Å². The van der Waals surface area contributed by atoms with E-state index in [0.717, 1.165) is 23.5 Å². The molecule has 8 heteroatoms. The fourth-order valence-corrected chi connectivity index (χ4v) is 3.64. The number of ether oxygens (including phenoxy) is 2. The van der Waals surface area contributed by atoms with Gasteiger partial charge in [0.15, 0.2) is 17.2 Å². The van der Waals surface area contributed by atoms with Crippen molar-refractivity contribution in [3.63, 3.8) is 0 Å². The predicted octanol–water partition coefficient (Wildman–Crippen LogP) is 2.03. The lowest BCUT2D eigenvalue weighted by Gasteiger charge is -2.18. The first kappa shape index (κ1) is 15.9. The predicted molar refractivity (Wildman–Crippen MR) is 89.2 cm³/mol. The molecular weight excluding hydrogens is 344 g/mol. The van der Waals surface area contributed by atoms with Gasteiger partial charge in [0.25, 0.3) is 0 Å². The number of rotatable bonds is 5. The number of carboxylic acids is 1. The maximum absolute atomic E-state index is 12.3. The first-order valence-corrected chi connectivity index (χ1v) is 8.85. The second kappa shape index (κ2) is 6.36. The van der Waals surface area contributed by atoms with Gasteiger partial charge >= 0.3 is 5.97 Å². The fraction of sp³-hybridized carbons (Fsp3) is 0.353. The number of carboxylic acid groups (broad SMARTS) is 1. The topological polar surface area (TPSA) is 97.8 Å². The molecule has 2 atom stereocenters. The molecule has 7 nitrogen and oxygen atoms in total. The van der Waals surface area contributed by atoms with Crippen molar-refractivity contribution < 1.29 is 24.2 Å². The summed E-state index contributed by atoms with van der Waals surface area (Å²) in [5.41, 5.74) is 1.08. The summed E-state index contributed by atoms with van der Waals surface area (Å²) in [6.45, 7) is 1.35. The zero-order valence-corrected chi connectivity index (χ0v) is 14.0. The molecule has 0 radical (unpaired) electrons. The Bertz CT molecular complexity index is 834. The number of carbonyl (C=O) groups excluding carboxylic acids is 1. The van der Waals surface area contributed by atoms with Crippen molar-refractivity contribution >= 4 is 23.2 Å². The van der Waals surface area contributed by atoms with Crippen LogP contribution in [0.1, 0.15) is 33.4 Å². The fourth-order valence-electron chi connectivity index (χ4n) is 2.93. The highest BCUT2D eigenvalue weighted by atomic mass is 32.1. The lowest BCUT2D eigenvalue weighted by molar-refractivity contribution is -0.122. The van der Waals surface area contributed by atoms with Crippen molar-refractivity contribution in [2.24, 2.45) is 5.92 Å². The van der Waals surface area contributed by atoms with Gasteiger partial charge in [-0.2, -0.15) is 0 Å². The molecule has 0 saturated heterocycles. The Labute approximate surface area is 147 Å². The molecule has 1 fully saturated rings. The van der Waals surface area contributed by atoms with E-state index >= 15 is 0 Å². The number of thiazole rings is 1. The number of benzene rings is 1. The Hall–Kier alpha value is -2.61. The lowest BCUT2D eigenvalue weighted by Crippen LogP contribution is -2.24. The van der Waals surface area contributed by atoms with Crippen LogP contribution >= 0.6 is 11.3 Å². The summed E-state index contributed by atoms with van der Waals surface area (Å²) in [7, 11) is 0. The third kappa shape index (κ3) is 3.30. The maximum atomic E-state index is 12.3. The Morgan fingerprint density at radius 2 is 2.08 bits per heavy atom. The van der Waals surface area contributed by atoms with Gasteiger partial charge in [0.1, 0.15) is 18.2 Å². The average molecular weight is 360 g/mol. The highest BCUT2D eigenvalue weighted by Gasteiger charge is 2.44. The molecule has 1 aromatic carbocycles. The SMILES string of the molecule is O=C(O)c1csc(CNC(=O)C2CC2c2ccc3c(c2)OCCO3)n1. The molecule has 1 aliphatic heterocycles. The van der Waals surface area contributed by atoms with Gasteiger partial charge in [-0.1, -0.05) is 6.07 Å². The largest absolute Gasteiger partial charge is 0.486 e. The third-order valence-corrected chi connectivity index (χ3v) is 5.16. The van der Waals surface area contributed by atoms with Crippen LogP contribution in [0.4, 0.5) is 0 Å². The van der Waals surface area contributed by atoms with Crippen LogP contribution in [-0.2, 0) is 11.3 Å². The molecule has 1 aromatic heterocycles. The molecule has 2 aliphatic rings. The summed E-state index contributed by atoms with van der Waals surface area (Å²) >= 11 is 1.23. The van der Waals surface area contributed by atoms with Crippen LogP contribution < -0.4 is 14.8 Å². The Morgan fingerprint density at radius 3 is 2.84 bits per heavy atom. The number of carbonyl (C=O) groups is 2. The van der Waals surface area contributed by atoms with Gasteiger partial charge in [-0.15, -0.1) is 11.3 Å². The molecule has 2 aromatic rings. The van der Waals surface area contributed by atoms with Crippen LogP contribution in [0.3, 0.4) is 0 Å². The second-order valence-corrected chi connectivity index (χ2v) is 6.94.